The van der Waals surface area contributed by atoms with Crippen molar-refractivity contribution in [1.29, 1.82) is 0 Å². The van der Waals surface area contributed by atoms with Gasteiger partial charge in [-0.05, 0) is 51.9 Å². The van der Waals surface area contributed by atoms with Crippen LogP contribution in [0.15, 0.2) is 24.8 Å². The van der Waals surface area contributed by atoms with Crippen LogP contribution in [0.5, 0.6) is 0 Å². The summed E-state index contributed by atoms with van der Waals surface area (Å²) in [7, 11) is 0. The normalized spacial score (nSPS) is 30.1. The minimum Gasteiger partial charge on any atom is -0.291 e. The van der Waals surface area contributed by atoms with Crippen molar-refractivity contribution < 1.29 is 0 Å². The van der Waals surface area contributed by atoms with Gasteiger partial charge in [0.2, 0.25) is 0 Å². The average molecular weight is 275 g/mol. The van der Waals surface area contributed by atoms with Crippen LogP contribution in [0, 0.1) is 0 Å². The van der Waals surface area contributed by atoms with Gasteiger partial charge in [0.15, 0.2) is 0 Å². The topological polar surface area (TPSA) is 3.24 Å². The second-order valence-corrected chi connectivity index (χ2v) is 6.64. The highest BCUT2D eigenvalue weighted by molar-refractivity contribution is 5.05. The molecule has 2 heterocycles. The van der Waals surface area contributed by atoms with Gasteiger partial charge in [0.05, 0.1) is 0 Å². The quantitative estimate of drug-likeness (QED) is 0.398. The summed E-state index contributed by atoms with van der Waals surface area (Å²) in [6.45, 7) is 5.96. The van der Waals surface area contributed by atoms with E-state index in [9.17, 15) is 0 Å². The average Bonchev–Trinajstić information content (AvgIpc) is 3.02. The zero-order chi connectivity index (χ0) is 14.2. The van der Waals surface area contributed by atoms with Gasteiger partial charge < -0.3 is 0 Å². The van der Waals surface area contributed by atoms with Crippen LogP contribution >= 0.6 is 0 Å². The first-order valence-electron chi connectivity index (χ1n) is 8.88. The molecule has 0 spiro atoms. The SMILES string of the molecule is C=CCCCCCCCC1CCC2CCC(/C=C/C)N12. The summed E-state index contributed by atoms with van der Waals surface area (Å²) in [6.07, 6.45) is 22.1. The highest BCUT2D eigenvalue weighted by Crippen LogP contribution is 2.39. The van der Waals surface area contributed by atoms with Crippen molar-refractivity contribution in [2.24, 2.45) is 0 Å². The summed E-state index contributed by atoms with van der Waals surface area (Å²) in [5.41, 5.74) is 0. The first-order valence-corrected chi connectivity index (χ1v) is 8.88. The van der Waals surface area contributed by atoms with Crippen LogP contribution < -0.4 is 0 Å². The fourth-order valence-electron chi connectivity index (χ4n) is 4.24. The van der Waals surface area contributed by atoms with Crippen LogP contribution in [0.4, 0.5) is 0 Å². The van der Waals surface area contributed by atoms with E-state index in [0.717, 1.165) is 18.1 Å². The molecule has 0 radical (unpaired) electrons. The first-order chi connectivity index (χ1) is 9.86. The molecule has 0 aromatic heterocycles. The molecule has 0 aromatic rings. The second kappa shape index (κ2) is 8.67. The van der Waals surface area contributed by atoms with E-state index in [1.54, 1.807) is 0 Å². The fraction of sp³-hybridized carbons (Fsp3) is 0.789. The number of hydrogen-bond acceptors (Lipinski definition) is 1. The van der Waals surface area contributed by atoms with Crippen molar-refractivity contribution in [1.82, 2.24) is 4.90 Å². The predicted octanol–water partition coefficient (Wildman–Crippen LogP) is 5.47. The Bertz CT molecular complexity index is 307. The van der Waals surface area contributed by atoms with Gasteiger partial charge in [-0.2, -0.15) is 0 Å². The summed E-state index contributed by atoms with van der Waals surface area (Å²) >= 11 is 0. The lowest BCUT2D eigenvalue weighted by molar-refractivity contribution is 0.195. The number of unbranched alkanes of at least 4 members (excludes halogenated alkanes) is 5. The summed E-state index contributed by atoms with van der Waals surface area (Å²) in [5.74, 6) is 0. The summed E-state index contributed by atoms with van der Waals surface area (Å²) in [4.78, 5) is 2.86. The van der Waals surface area contributed by atoms with E-state index >= 15 is 0 Å². The van der Waals surface area contributed by atoms with Gasteiger partial charge in [0, 0.05) is 18.1 Å². The number of nitrogens with zero attached hydrogens (tertiary/aromatic N) is 1. The number of hydrogen-bond donors (Lipinski definition) is 0. The highest BCUT2D eigenvalue weighted by atomic mass is 15.3. The molecule has 3 unspecified atom stereocenters. The molecule has 2 aliphatic rings. The van der Waals surface area contributed by atoms with E-state index in [4.69, 9.17) is 0 Å². The van der Waals surface area contributed by atoms with Gasteiger partial charge in [-0.3, -0.25) is 4.90 Å². The first kappa shape index (κ1) is 15.8. The van der Waals surface area contributed by atoms with Crippen molar-refractivity contribution in [3.05, 3.63) is 24.8 Å². The Morgan fingerprint density at radius 3 is 2.55 bits per heavy atom. The van der Waals surface area contributed by atoms with Gasteiger partial charge in [-0.25, -0.2) is 0 Å². The lowest BCUT2D eigenvalue weighted by atomic mass is 10.0. The molecule has 0 amide bonds. The zero-order valence-electron chi connectivity index (χ0n) is 13.4. The Morgan fingerprint density at radius 1 is 1.00 bits per heavy atom. The molecule has 114 valence electrons. The second-order valence-electron chi connectivity index (χ2n) is 6.64. The third-order valence-electron chi connectivity index (χ3n) is 5.22. The monoisotopic (exact) mass is 275 g/mol. The van der Waals surface area contributed by atoms with Crippen LogP contribution in [-0.2, 0) is 0 Å². The van der Waals surface area contributed by atoms with E-state index < -0.39 is 0 Å². The summed E-state index contributed by atoms with van der Waals surface area (Å²) in [5, 5.41) is 0. The van der Waals surface area contributed by atoms with Crippen molar-refractivity contribution in [2.75, 3.05) is 0 Å². The molecule has 0 saturated carbocycles. The summed E-state index contributed by atoms with van der Waals surface area (Å²) < 4.78 is 0. The molecule has 0 bridgehead atoms. The molecule has 1 heteroatoms. The minimum atomic E-state index is 0.755. The molecule has 2 fully saturated rings. The van der Waals surface area contributed by atoms with Crippen LogP contribution in [-0.4, -0.2) is 23.0 Å². The Hall–Kier alpha value is -0.560. The van der Waals surface area contributed by atoms with E-state index in [1.807, 2.05) is 6.08 Å². The maximum atomic E-state index is 3.79. The van der Waals surface area contributed by atoms with Crippen LogP contribution in [0.25, 0.3) is 0 Å². The molecule has 0 aliphatic carbocycles. The van der Waals surface area contributed by atoms with Gasteiger partial charge >= 0.3 is 0 Å². The smallest absolute Gasteiger partial charge is 0.0284 e. The molecule has 1 nitrogen and oxygen atoms in total. The molecule has 3 atom stereocenters. The van der Waals surface area contributed by atoms with Gasteiger partial charge in [0.1, 0.15) is 0 Å². The molecule has 2 rings (SSSR count). The predicted molar refractivity (Wildman–Crippen MR) is 89.0 cm³/mol. The maximum absolute atomic E-state index is 3.79. The van der Waals surface area contributed by atoms with Gasteiger partial charge in [-0.1, -0.05) is 43.9 Å². The van der Waals surface area contributed by atoms with Gasteiger partial charge in [-0.15, -0.1) is 6.58 Å². The zero-order valence-corrected chi connectivity index (χ0v) is 13.4. The van der Waals surface area contributed by atoms with E-state index in [2.05, 4.69) is 30.6 Å². The standard InChI is InChI=1S/C19H33N/c1-3-5-6-7-8-9-10-12-18-14-16-19-15-13-17(11-4-2)20(18)19/h3-4,11,17-19H,1,5-10,12-16H2,2H3/b11-4+. The Labute approximate surface area is 126 Å². The molecule has 2 aliphatic heterocycles. The third-order valence-corrected chi connectivity index (χ3v) is 5.22. The molecule has 0 N–H and O–H groups in total. The molecule has 20 heavy (non-hydrogen) atoms. The summed E-state index contributed by atoms with van der Waals surface area (Å²) in [6, 6.07) is 2.55. The molecule has 0 aromatic carbocycles. The Morgan fingerprint density at radius 2 is 1.75 bits per heavy atom. The Balaban J connectivity index is 1.64. The van der Waals surface area contributed by atoms with E-state index in [0.29, 0.717) is 0 Å². The third kappa shape index (κ3) is 4.22. The molecular formula is C19H33N. The van der Waals surface area contributed by atoms with Crippen molar-refractivity contribution >= 4 is 0 Å². The van der Waals surface area contributed by atoms with Crippen LogP contribution in [0.1, 0.15) is 77.6 Å². The number of rotatable bonds is 9. The van der Waals surface area contributed by atoms with Crippen molar-refractivity contribution in [3.63, 3.8) is 0 Å². The molecular weight excluding hydrogens is 242 g/mol. The maximum Gasteiger partial charge on any atom is 0.0284 e. The van der Waals surface area contributed by atoms with E-state index in [-0.39, 0.29) is 0 Å². The fourth-order valence-corrected chi connectivity index (χ4v) is 4.24. The van der Waals surface area contributed by atoms with Crippen molar-refractivity contribution in [2.45, 2.75) is 95.7 Å². The Kier molecular flexibility index (Phi) is 6.86. The highest BCUT2D eigenvalue weighted by Gasteiger charge is 2.40. The van der Waals surface area contributed by atoms with Crippen LogP contribution in [0.3, 0.4) is 0 Å². The largest absolute Gasteiger partial charge is 0.291 e. The van der Waals surface area contributed by atoms with Crippen LogP contribution in [0.2, 0.25) is 0 Å². The number of fused-ring (bicyclic) bond motifs is 1. The lowest BCUT2D eigenvalue weighted by Crippen LogP contribution is -2.37. The lowest BCUT2D eigenvalue weighted by Gasteiger charge is -2.29. The molecule has 2 saturated heterocycles. The van der Waals surface area contributed by atoms with Gasteiger partial charge in [0.25, 0.3) is 0 Å². The minimum absolute atomic E-state index is 0.755. The van der Waals surface area contributed by atoms with Crippen molar-refractivity contribution in [3.8, 4) is 0 Å². The number of allylic oxidation sites excluding steroid dienone is 2. The van der Waals surface area contributed by atoms with E-state index in [1.165, 1.54) is 70.6 Å².